The van der Waals surface area contributed by atoms with E-state index < -0.39 is 9.04 Å². The zero-order valence-electron chi connectivity index (χ0n) is 22.9. The number of hydrogen-bond donors (Lipinski definition) is 1. The van der Waals surface area contributed by atoms with Gasteiger partial charge in [0, 0.05) is 33.4 Å². The van der Waals surface area contributed by atoms with Crippen LogP contribution in [0.15, 0.2) is 91.0 Å². The minimum Gasteiger partial charge on any atom is -0.406 e. The van der Waals surface area contributed by atoms with Crippen molar-refractivity contribution in [3.8, 4) is 0 Å². The molecule has 0 amide bonds. The molecular formula is C31H43NO4Si. The second-order valence-electron chi connectivity index (χ2n) is 10.4. The van der Waals surface area contributed by atoms with Crippen LogP contribution in [0.2, 0.25) is 0 Å². The van der Waals surface area contributed by atoms with Crippen LogP contribution in [-0.2, 0) is 25.2 Å². The number of ether oxygens (including phenoxy) is 3. The van der Waals surface area contributed by atoms with Crippen molar-refractivity contribution < 1.29 is 18.6 Å². The predicted molar refractivity (Wildman–Crippen MR) is 154 cm³/mol. The third-order valence-electron chi connectivity index (χ3n) is 6.46. The van der Waals surface area contributed by atoms with Crippen molar-refractivity contribution in [2.45, 2.75) is 52.2 Å². The lowest BCUT2D eigenvalue weighted by Gasteiger charge is -2.40. The number of rotatable bonds is 15. The Morgan fingerprint density at radius 3 is 1.76 bits per heavy atom. The summed E-state index contributed by atoms with van der Waals surface area (Å²) >= 11 is 0. The van der Waals surface area contributed by atoms with Crippen molar-refractivity contribution in [1.82, 2.24) is 5.32 Å². The molecule has 0 spiro atoms. The fraction of sp³-hybridized carbons (Fsp3) is 0.419. The first kappa shape index (κ1) is 29.2. The highest BCUT2D eigenvalue weighted by molar-refractivity contribution is 6.80. The number of hydrogen-bond acceptors (Lipinski definition) is 5. The minimum absolute atomic E-state index is 0.0472. The molecule has 3 rings (SSSR count). The normalized spacial score (nSPS) is 13.7. The van der Waals surface area contributed by atoms with Gasteiger partial charge in [0.2, 0.25) is 9.04 Å². The van der Waals surface area contributed by atoms with E-state index in [9.17, 15) is 0 Å². The van der Waals surface area contributed by atoms with Crippen LogP contribution in [0.1, 0.15) is 32.8 Å². The van der Waals surface area contributed by atoms with E-state index in [1.54, 1.807) is 14.2 Å². The van der Waals surface area contributed by atoms with Gasteiger partial charge < -0.3 is 24.0 Å². The summed E-state index contributed by atoms with van der Waals surface area (Å²) in [7, 11) is 1.37. The Kier molecular flexibility index (Phi) is 12.0. The van der Waals surface area contributed by atoms with Crippen LogP contribution in [-0.4, -0.2) is 54.8 Å². The third kappa shape index (κ3) is 9.49. The molecule has 2 atom stereocenters. The van der Waals surface area contributed by atoms with Crippen LogP contribution in [0.4, 0.5) is 0 Å². The Morgan fingerprint density at radius 2 is 1.27 bits per heavy atom. The Hall–Kier alpha value is -2.32. The highest BCUT2D eigenvalue weighted by Gasteiger charge is 2.36. The van der Waals surface area contributed by atoms with Crippen LogP contribution in [0, 0.1) is 5.41 Å². The molecule has 3 aromatic carbocycles. The minimum atomic E-state index is -1.96. The summed E-state index contributed by atoms with van der Waals surface area (Å²) in [4.78, 5) is 0. The zero-order valence-corrected chi connectivity index (χ0v) is 24.1. The molecule has 0 bridgehead atoms. The lowest BCUT2D eigenvalue weighted by Crippen LogP contribution is -2.57. The van der Waals surface area contributed by atoms with Gasteiger partial charge in [-0.25, -0.2) is 0 Å². The van der Waals surface area contributed by atoms with E-state index in [2.05, 4.69) is 98.9 Å². The van der Waals surface area contributed by atoms with E-state index >= 15 is 0 Å². The maximum Gasteiger partial charge on any atom is 0.240 e. The van der Waals surface area contributed by atoms with E-state index in [1.165, 1.54) is 15.9 Å². The Morgan fingerprint density at radius 1 is 0.757 bits per heavy atom. The van der Waals surface area contributed by atoms with Gasteiger partial charge in [-0.2, -0.15) is 0 Å². The summed E-state index contributed by atoms with van der Waals surface area (Å²) in [6.07, 6.45) is 0.420. The van der Waals surface area contributed by atoms with Gasteiger partial charge in [-0.05, 0) is 27.8 Å². The average Bonchev–Trinajstić information content (AvgIpc) is 2.92. The summed E-state index contributed by atoms with van der Waals surface area (Å²) in [5.74, 6) is 0. The van der Waals surface area contributed by atoms with E-state index in [4.69, 9.17) is 18.6 Å². The van der Waals surface area contributed by atoms with Crippen molar-refractivity contribution in [2.24, 2.45) is 5.41 Å². The Balaban J connectivity index is 1.82. The highest BCUT2D eigenvalue weighted by atomic mass is 28.3. The van der Waals surface area contributed by atoms with Gasteiger partial charge in [-0.15, -0.1) is 0 Å². The zero-order chi connectivity index (χ0) is 26.5. The summed E-state index contributed by atoms with van der Waals surface area (Å²) in [5.41, 5.74) is 1.07. The average molecular weight is 522 g/mol. The molecule has 0 saturated carbocycles. The molecule has 0 heterocycles. The van der Waals surface area contributed by atoms with Gasteiger partial charge in [0.05, 0.1) is 12.7 Å². The van der Waals surface area contributed by atoms with Gasteiger partial charge in [-0.1, -0.05) is 112 Å². The van der Waals surface area contributed by atoms with Crippen molar-refractivity contribution in [2.75, 3.05) is 27.4 Å². The maximum atomic E-state index is 7.20. The smallest absolute Gasteiger partial charge is 0.240 e. The van der Waals surface area contributed by atoms with Gasteiger partial charge in [-0.3, -0.25) is 0 Å². The Bertz CT molecular complexity index is 954. The van der Waals surface area contributed by atoms with Crippen LogP contribution in [0.3, 0.4) is 0 Å². The third-order valence-corrected chi connectivity index (χ3v) is 9.01. The molecule has 0 saturated heterocycles. The van der Waals surface area contributed by atoms with E-state index in [0.29, 0.717) is 19.8 Å². The van der Waals surface area contributed by atoms with Crippen LogP contribution >= 0.6 is 0 Å². The van der Waals surface area contributed by atoms with Crippen LogP contribution in [0.25, 0.3) is 0 Å². The molecule has 0 aliphatic carbocycles. The summed E-state index contributed by atoms with van der Waals surface area (Å²) < 4.78 is 24.2. The van der Waals surface area contributed by atoms with Crippen molar-refractivity contribution in [3.05, 3.63) is 96.6 Å². The van der Waals surface area contributed by atoms with Crippen LogP contribution in [0.5, 0.6) is 0 Å². The molecule has 0 aliphatic heterocycles. The van der Waals surface area contributed by atoms with Crippen LogP contribution < -0.4 is 15.7 Å². The quantitative estimate of drug-likeness (QED) is 0.185. The Labute approximate surface area is 224 Å². The summed E-state index contributed by atoms with van der Waals surface area (Å²) in [5, 5.41) is 6.25. The van der Waals surface area contributed by atoms with E-state index in [1.807, 2.05) is 18.2 Å². The molecular weight excluding hydrogens is 478 g/mol. The maximum absolute atomic E-state index is 7.20. The molecule has 5 nitrogen and oxygen atoms in total. The van der Waals surface area contributed by atoms with Gasteiger partial charge in [0.15, 0.2) is 6.29 Å². The van der Waals surface area contributed by atoms with Crippen molar-refractivity contribution in [1.29, 1.82) is 0 Å². The standard InChI is InChI=1S/C31H43NO4Si/c1-31(2,3)30(36-37(26-17-11-7-12-18-26)27-19-13-8-14-20-27)28(32-23-29(33-4)34-5)21-22-35-24-25-15-9-6-10-16-25/h6-20,28-30,32,37H,21-24H2,1-5H3/t28-,30?/m0/s1. The first-order chi connectivity index (χ1) is 17.9. The summed E-state index contributed by atoms with van der Waals surface area (Å²) in [6, 6.07) is 31.6. The van der Waals surface area contributed by atoms with Crippen molar-refractivity contribution >= 4 is 19.4 Å². The topological polar surface area (TPSA) is 49.0 Å². The second kappa shape index (κ2) is 15.2. The number of benzene rings is 3. The fourth-order valence-corrected chi connectivity index (χ4v) is 7.23. The molecule has 200 valence electrons. The van der Waals surface area contributed by atoms with Gasteiger partial charge >= 0.3 is 0 Å². The first-order valence-corrected chi connectivity index (χ1v) is 14.7. The molecule has 0 aliphatic rings. The summed E-state index contributed by atoms with van der Waals surface area (Å²) in [6.45, 7) is 8.54. The molecule has 1 unspecified atom stereocenters. The van der Waals surface area contributed by atoms with Crippen molar-refractivity contribution in [3.63, 3.8) is 0 Å². The fourth-order valence-electron chi connectivity index (χ4n) is 4.50. The number of nitrogens with one attached hydrogen (secondary N) is 1. The lowest BCUT2D eigenvalue weighted by molar-refractivity contribution is -0.103. The molecule has 3 aromatic rings. The second-order valence-corrected chi connectivity index (χ2v) is 12.7. The lowest BCUT2D eigenvalue weighted by atomic mass is 9.83. The molecule has 37 heavy (non-hydrogen) atoms. The molecule has 0 radical (unpaired) electrons. The molecule has 0 aromatic heterocycles. The number of methoxy groups -OCH3 is 2. The molecule has 1 N–H and O–H groups in total. The highest BCUT2D eigenvalue weighted by Crippen LogP contribution is 2.27. The predicted octanol–water partition coefficient (Wildman–Crippen LogP) is 4.14. The van der Waals surface area contributed by atoms with Gasteiger partial charge in [0.1, 0.15) is 0 Å². The van der Waals surface area contributed by atoms with E-state index in [-0.39, 0.29) is 23.9 Å². The monoisotopic (exact) mass is 521 g/mol. The first-order valence-electron chi connectivity index (χ1n) is 13.1. The SMILES string of the molecule is COC(CN[C@@H](CCOCc1ccccc1)C(O[SiH](c1ccccc1)c1ccccc1)C(C)(C)C)OC. The molecule has 0 fully saturated rings. The molecule has 6 heteroatoms. The van der Waals surface area contributed by atoms with Gasteiger partial charge in [0.25, 0.3) is 0 Å². The largest absolute Gasteiger partial charge is 0.406 e. The van der Waals surface area contributed by atoms with E-state index in [0.717, 1.165) is 6.42 Å².